The zero-order valence-electron chi connectivity index (χ0n) is 13.2. The molecule has 1 heterocycles. The number of hydrogen-bond acceptors (Lipinski definition) is 2. The summed E-state index contributed by atoms with van der Waals surface area (Å²) >= 11 is 6.22. The van der Waals surface area contributed by atoms with Crippen LogP contribution in [0.5, 0.6) is 0 Å². The number of fused-ring (bicyclic) bond motifs is 1. The Morgan fingerprint density at radius 2 is 1.88 bits per heavy atom. The van der Waals surface area contributed by atoms with Crippen LogP contribution in [-0.2, 0) is 30.4 Å². The van der Waals surface area contributed by atoms with Crippen LogP contribution >= 0.6 is 11.6 Å². The molecule has 2 aromatic rings. The van der Waals surface area contributed by atoms with Crippen LogP contribution in [0.1, 0.15) is 22.3 Å². The highest BCUT2D eigenvalue weighted by Crippen LogP contribution is 2.31. The zero-order valence-corrected chi connectivity index (χ0v) is 14.0. The Bertz CT molecular complexity index is 788. The molecule has 3 nitrogen and oxygen atoms in total. The molecular formula is C18H16ClF3N2O. The van der Waals surface area contributed by atoms with E-state index in [1.807, 2.05) is 6.07 Å². The average molecular weight is 369 g/mol. The van der Waals surface area contributed by atoms with Crippen LogP contribution < -0.4 is 10.6 Å². The monoisotopic (exact) mass is 368 g/mol. The van der Waals surface area contributed by atoms with Crippen molar-refractivity contribution in [3.05, 3.63) is 63.7 Å². The maximum atomic E-state index is 12.6. The first-order valence-corrected chi connectivity index (χ1v) is 8.19. The summed E-state index contributed by atoms with van der Waals surface area (Å²) in [5, 5.41) is 6.52. The standard InChI is InChI=1S/C18H16ClF3N2O/c19-15-6-3-12-10-23-8-7-14(12)17(15)24-16(25)9-11-1-4-13(5-2-11)18(20,21)22/h1-6,23H,7-10H2,(H,24,25). The number of nitrogens with one attached hydrogen (secondary N) is 2. The largest absolute Gasteiger partial charge is 0.416 e. The van der Waals surface area contributed by atoms with Crippen molar-refractivity contribution in [2.75, 3.05) is 11.9 Å². The van der Waals surface area contributed by atoms with Gasteiger partial charge in [-0.25, -0.2) is 0 Å². The number of benzene rings is 2. The van der Waals surface area contributed by atoms with E-state index in [9.17, 15) is 18.0 Å². The van der Waals surface area contributed by atoms with Crippen LogP contribution in [0.2, 0.25) is 5.02 Å². The smallest absolute Gasteiger partial charge is 0.324 e. The molecule has 132 valence electrons. The van der Waals surface area contributed by atoms with Crippen molar-refractivity contribution in [2.24, 2.45) is 0 Å². The van der Waals surface area contributed by atoms with Gasteiger partial charge in [0.05, 0.1) is 22.7 Å². The molecule has 0 saturated heterocycles. The molecule has 2 aromatic carbocycles. The van der Waals surface area contributed by atoms with Crippen molar-refractivity contribution in [3.8, 4) is 0 Å². The molecule has 1 aliphatic heterocycles. The van der Waals surface area contributed by atoms with Gasteiger partial charge in [0.2, 0.25) is 5.91 Å². The lowest BCUT2D eigenvalue weighted by Crippen LogP contribution is -2.26. The minimum atomic E-state index is -4.38. The molecule has 2 N–H and O–H groups in total. The Hall–Kier alpha value is -2.05. The Balaban J connectivity index is 1.73. The van der Waals surface area contributed by atoms with Crippen LogP contribution in [0.15, 0.2) is 36.4 Å². The summed E-state index contributed by atoms with van der Waals surface area (Å²) in [4.78, 5) is 12.3. The van der Waals surface area contributed by atoms with Crippen molar-refractivity contribution in [1.29, 1.82) is 0 Å². The van der Waals surface area contributed by atoms with Gasteiger partial charge in [0, 0.05) is 6.54 Å². The fourth-order valence-corrected chi connectivity index (χ4v) is 3.09. The van der Waals surface area contributed by atoms with E-state index in [0.717, 1.165) is 36.2 Å². The van der Waals surface area contributed by atoms with E-state index in [4.69, 9.17) is 11.6 Å². The number of hydrogen-bond donors (Lipinski definition) is 2. The summed E-state index contributed by atoms with van der Waals surface area (Å²) in [7, 11) is 0. The summed E-state index contributed by atoms with van der Waals surface area (Å²) in [5.41, 5.74) is 2.46. The lowest BCUT2D eigenvalue weighted by molar-refractivity contribution is -0.137. The van der Waals surface area contributed by atoms with Crippen molar-refractivity contribution in [3.63, 3.8) is 0 Å². The van der Waals surface area contributed by atoms with E-state index in [-0.39, 0.29) is 12.3 Å². The number of alkyl halides is 3. The van der Waals surface area contributed by atoms with Crippen molar-refractivity contribution >= 4 is 23.2 Å². The topological polar surface area (TPSA) is 41.1 Å². The SMILES string of the molecule is O=C(Cc1ccc(C(F)(F)F)cc1)Nc1c(Cl)ccc2c1CCNC2. The Morgan fingerprint density at radius 3 is 2.56 bits per heavy atom. The first kappa shape index (κ1) is 17.8. The lowest BCUT2D eigenvalue weighted by atomic mass is 9.98. The highest BCUT2D eigenvalue weighted by molar-refractivity contribution is 6.34. The summed E-state index contributed by atoms with van der Waals surface area (Å²) in [6.07, 6.45) is -3.65. The number of rotatable bonds is 3. The third-order valence-electron chi connectivity index (χ3n) is 4.14. The van der Waals surface area contributed by atoms with Crippen LogP contribution in [0.25, 0.3) is 0 Å². The number of halogens is 4. The predicted molar refractivity (Wildman–Crippen MR) is 90.6 cm³/mol. The van der Waals surface area contributed by atoms with E-state index in [0.29, 0.717) is 22.8 Å². The molecular weight excluding hydrogens is 353 g/mol. The summed E-state index contributed by atoms with van der Waals surface area (Å²) in [6.45, 7) is 1.52. The van der Waals surface area contributed by atoms with Gasteiger partial charge in [-0.2, -0.15) is 13.2 Å². The van der Waals surface area contributed by atoms with Gasteiger partial charge in [-0.15, -0.1) is 0 Å². The number of carbonyl (C=O) groups excluding carboxylic acids is 1. The highest BCUT2D eigenvalue weighted by Gasteiger charge is 2.30. The minimum absolute atomic E-state index is 0.0175. The Kier molecular flexibility index (Phi) is 5.01. The van der Waals surface area contributed by atoms with Gasteiger partial charge in [0.25, 0.3) is 0 Å². The zero-order chi connectivity index (χ0) is 18.0. The third-order valence-corrected chi connectivity index (χ3v) is 4.45. The third kappa shape index (κ3) is 4.14. The van der Waals surface area contributed by atoms with E-state index >= 15 is 0 Å². The molecule has 0 aromatic heterocycles. The van der Waals surface area contributed by atoms with Crippen LogP contribution in [0, 0.1) is 0 Å². The van der Waals surface area contributed by atoms with E-state index in [1.54, 1.807) is 6.07 Å². The average Bonchev–Trinajstić information content (AvgIpc) is 2.57. The molecule has 1 aliphatic rings. The molecule has 25 heavy (non-hydrogen) atoms. The second-order valence-corrected chi connectivity index (χ2v) is 6.31. The van der Waals surface area contributed by atoms with Crippen LogP contribution in [-0.4, -0.2) is 12.5 Å². The number of anilines is 1. The van der Waals surface area contributed by atoms with E-state index in [2.05, 4.69) is 10.6 Å². The summed E-state index contributed by atoms with van der Waals surface area (Å²) in [6, 6.07) is 8.25. The first-order chi connectivity index (χ1) is 11.8. The van der Waals surface area contributed by atoms with Crippen molar-refractivity contribution in [2.45, 2.75) is 25.6 Å². The molecule has 0 fully saturated rings. The first-order valence-electron chi connectivity index (χ1n) is 7.81. The summed E-state index contributed by atoms with van der Waals surface area (Å²) in [5.74, 6) is -0.311. The maximum Gasteiger partial charge on any atom is 0.416 e. The fraction of sp³-hybridized carbons (Fsp3) is 0.278. The van der Waals surface area contributed by atoms with Gasteiger partial charge in [-0.3, -0.25) is 4.79 Å². The van der Waals surface area contributed by atoms with Gasteiger partial charge in [-0.05, 0) is 47.9 Å². The second-order valence-electron chi connectivity index (χ2n) is 5.91. The number of carbonyl (C=O) groups is 1. The molecule has 0 spiro atoms. The van der Waals surface area contributed by atoms with Gasteiger partial charge in [-0.1, -0.05) is 29.8 Å². The van der Waals surface area contributed by atoms with Crippen molar-refractivity contribution < 1.29 is 18.0 Å². The van der Waals surface area contributed by atoms with Gasteiger partial charge in [0.15, 0.2) is 0 Å². The molecule has 0 radical (unpaired) electrons. The van der Waals surface area contributed by atoms with Crippen LogP contribution in [0.3, 0.4) is 0 Å². The minimum Gasteiger partial charge on any atom is -0.324 e. The highest BCUT2D eigenvalue weighted by atomic mass is 35.5. The molecule has 0 saturated carbocycles. The van der Waals surface area contributed by atoms with Gasteiger partial charge < -0.3 is 10.6 Å². The normalized spacial score (nSPS) is 14.1. The fourth-order valence-electron chi connectivity index (χ4n) is 2.87. The van der Waals surface area contributed by atoms with Gasteiger partial charge >= 0.3 is 6.18 Å². The molecule has 7 heteroatoms. The lowest BCUT2D eigenvalue weighted by Gasteiger charge is -2.21. The molecule has 0 aliphatic carbocycles. The predicted octanol–water partition coefficient (Wildman–Crippen LogP) is 4.19. The second kappa shape index (κ2) is 7.06. The molecule has 0 unspecified atom stereocenters. The quantitative estimate of drug-likeness (QED) is 0.853. The molecule has 0 atom stereocenters. The van der Waals surface area contributed by atoms with E-state index in [1.165, 1.54) is 12.1 Å². The number of amides is 1. The van der Waals surface area contributed by atoms with Gasteiger partial charge in [0.1, 0.15) is 0 Å². The van der Waals surface area contributed by atoms with Crippen molar-refractivity contribution in [1.82, 2.24) is 5.32 Å². The Labute approximate surface area is 148 Å². The molecule has 1 amide bonds. The summed E-state index contributed by atoms with van der Waals surface area (Å²) < 4.78 is 37.7. The van der Waals surface area contributed by atoms with Crippen LogP contribution in [0.4, 0.5) is 18.9 Å². The molecule has 0 bridgehead atoms. The Morgan fingerprint density at radius 1 is 1.16 bits per heavy atom. The maximum absolute atomic E-state index is 12.6. The molecule has 3 rings (SSSR count). The van der Waals surface area contributed by atoms with E-state index < -0.39 is 11.7 Å².